The Morgan fingerprint density at radius 1 is 1.15 bits per heavy atom. The van der Waals surface area contributed by atoms with E-state index in [0.717, 1.165) is 5.56 Å². The van der Waals surface area contributed by atoms with Crippen LogP contribution in [0.5, 0.6) is 5.75 Å². The molecule has 138 valence electrons. The van der Waals surface area contributed by atoms with E-state index in [0.29, 0.717) is 34.8 Å². The van der Waals surface area contributed by atoms with E-state index in [1.807, 2.05) is 0 Å². The number of benzene rings is 2. The Bertz CT molecular complexity index is 1050. The third-order valence-electron chi connectivity index (χ3n) is 4.11. The highest BCUT2D eigenvalue weighted by Crippen LogP contribution is 2.30. The lowest BCUT2D eigenvalue weighted by Gasteiger charge is -2.07. The molecule has 0 saturated carbocycles. The largest absolute Gasteiger partial charge is 0.507 e. The lowest BCUT2D eigenvalue weighted by molar-refractivity contribution is -0.146. The van der Waals surface area contributed by atoms with Gasteiger partial charge in [0.05, 0.1) is 12.6 Å². The van der Waals surface area contributed by atoms with Crippen LogP contribution in [-0.4, -0.2) is 33.6 Å². The summed E-state index contributed by atoms with van der Waals surface area (Å²) in [6.45, 7) is 0.379. The molecule has 0 radical (unpaired) electrons. The second-order valence-corrected chi connectivity index (χ2v) is 5.88. The van der Waals surface area contributed by atoms with Gasteiger partial charge < -0.3 is 19.5 Å². The molecule has 6 nitrogen and oxygen atoms in total. The fourth-order valence-corrected chi connectivity index (χ4v) is 2.78. The van der Waals surface area contributed by atoms with Crippen LogP contribution >= 0.6 is 0 Å². The maximum atomic E-state index is 13.1. The van der Waals surface area contributed by atoms with Crippen molar-refractivity contribution in [3.8, 4) is 5.75 Å². The Balaban J connectivity index is 2.11. The smallest absolute Gasteiger partial charge is 0.376 e. The number of hydrogen-bond donors (Lipinski definition) is 2. The number of methoxy groups -OCH3 is 1. The minimum Gasteiger partial charge on any atom is -0.507 e. The second-order valence-electron chi connectivity index (χ2n) is 5.88. The first-order valence-corrected chi connectivity index (χ1v) is 7.98. The van der Waals surface area contributed by atoms with Crippen LogP contribution in [0.1, 0.15) is 11.1 Å². The summed E-state index contributed by atoms with van der Waals surface area (Å²) in [6, 6.07) is 11.2. The van der Waals surface area contributed by atoms with Crippen molar-refractivity contribution in [3.63, 3.8) is 0 Å². The summed E-state index contributed by atoms with van der Waals surface area (Å²) in [5.41, 5.74) is 1.84. The van der Waals surface area contributed by atoms with E-state index in [4.69, 9.17) is 9.84 Å². The number of ether oxygens (including phenoxy) is 1. The molecule has 0 unspecified atom stereocenters. The summed E-state index contributed by atoms with van der Waals surface area (Å²) in [6.07, 6.45) is 2.28. The molecule has 0 spiro atoms. The third-order valence-corrected chi connectivity index (χ3v) is 4.11. The van der Waals surface area contributed by atoms with Crippen LogP contribution in [0.15, 0.2) is 54.7 Å². The molecule has 0 fully saturated rings. The van der Waals surface area contributed by atoms with Gasteiger partial charge in [0.1, 0.15) is 17.3 Å². The number of aromatic nitrogens is 1. The number of hydrogen-bond acceptors (Lipinski definition) is 4. The number of ketones is 1. The zero-order chi connectivity index (χ0) is 19.6. The first kappa shape index (κ1) is 18.2. The average molecular weight is 369 g/mol. The molecular weight excluding hydrogens is 353 g/mol. The zero-order valence-electron chi connectivity index (χ0n) is 14.3. The summed E-state index contributed by atoms with van der Waals surface area (Å²) < 4.78 is 20.2. The van der Waals surface area contributed by atoms with E-state index in [9.17, 15) is 19.1 Å². The molecule has 2 N–H and O–H groups in total. The fourth-order valence-electron chi connectivity index (χ4n) is 2.78. The molecule has 0 bridgehead atoms. The van der Waals surface area contributed by atoms with Crippen molar-refractivity contribution < 1.29 is 28.9 Å². The average Bonchev–Trinajstić information content (AvgIpc) is 3.01. The number of carbonyl (C=O) groups excluding carboxylic acids is 1. The van der Waals surface area contributed by atoms with Gasteiger partial charge >= 0.3 is 5.97 Å². The number of aliphatic hydroxyl groups is 1. The Morgan fingerprint density at radius 2 is 1.85 bits per heavy atom. The second kappa shape index (κ2) is 7.33. The summed E-state index contributed by atoms with van der Waals surface area (Å²) >= 11 is 0. The van der Waals surface area contributed by atoms with Crippen molar-refractivity contribution in [2.45, 2.75) is 6.54 Å². The zero-order valence-corrected chi connectivity index (χ0v) is 14.3. The van der Waals surface area contributed by atoms with Gasteiger partial charge in [-0.15, -0.1) is 0 Å². The highest BCUT2D eigenvalue weighted by Gasteiger charge is 2.16. The normalized spacial score (nSPS) is 11.6. The van der Waals surface area contributed by atoms with Crippen molar-refractivity contribution in [2.75, 3.05) is 7.11 Å². The van der Waals surface area contributed by atoms with E-state index < -0.39 is 17.5 Å². The van der Waals surface area contributed by atoms with Crippen LogP contribution in [0.4, 0.5) is 4.39 Å². The molecule has 0 aliphatic heterocycles. The first-order valence-electron chi connectivity index (χ1n) is 7.98. The molecule has 27 heavy (non-hydrogen) atoms. The number of carboxylic acid groups (broad SMARTS) is 1. The van der Waals surface area contributed by atoms with Gasteiger partial charge in [0.15, 0.2) is 0 Å². The standard InChI is InChI=1S/C20H16FNO5/c1-27-14-6-7-15-16(18(23)9-19(24)20(25)26)11-22(17(15)8-14)10-12-2-4-13(21)5-3-12/h2-9,11,23H,10H2,1H3,(H,25,26)/b18-9-. The van der Waals surface area contributed by atoms with Crippen molar-refractivity contribution in [3.05, 3.63) is 71.7 Å². The van der Waals surface area contributed by atoms with Gasteiger partial charge in [-0.3, -0.25) is 4.79 Å². The van der Waals surface area contributed by atoms with Crippen molar-refractivity contribution in [1.29, 1.82) is 0 Å². The highest BCUT2D eigenvalue weighted by atomic mass is 19.1. The maximum Gasteiger partial charge on any atom is 0.376 e. The van der Waals surface area contributed by atoms with Gasteiger partial charge in [-0.2, -0.15) is 0 Å². The lowest BCUT2D eigenvalue weighted by Crippen LogP contribution is -2.09. The van der Waals surface area contributed by atoms with Crippen molar-refractivity contribution in [2.24, 2.45) is 0 Å². The summed E-state index contributed by atoms with van der Waals surface area (Å²) in [5.74, 6) is -3.07. The number of fused-ring (bicyclic) bond motifs is 1. The van der Waals surface area contributed by atoms with Gasteiger partial charge in [0.25, 0.3) is 5.78 Å². The Hall–Kier alpha value is -3.61. The molecule has 7 heteroatoms. The quantitative estimate of drug-likeness (QED) is 0.395. The number of carboxylic acids is 1. The van der Waals surface area contributed by atoms with Crippen LogP contribution in [-0.2, 0) is 16.1 Å². The Labute approximate surface area is 153 Å². The molecule has 1 aromatic heterocycles. The number of carbonyl (C=O) groups is 2. The Morgan fingerprint density at radius 3 is 2.48 bits per heavy atom. The van der Waals surface area contributed by atoms with E-state index in [-0.39, 0.29) is 5.82 Å². The van der Waals surface area contributed by atoms with Crippen LogP contribution in [0, 0.1) is 5.82 Å². The van der Waals surface area contributed by atoms with E-state index >= 15 is 0 Å². The van der Waals surface area contributed by atoms with E-state index in [1.54, 1.807) is 41.1 Å². The SMILES string of the molecule is COc1ccc2c(/C(O)=C/C(=O)C(=O)O)cn(Cc3ccc(F)cc3)c2c1. The molecule has 0 aliphatic carbocycles. The third kappa shape index (κ3) is 3.82. The van der Waals surface area contributed by atoms with Gasteiger partial charge in [-0.05, 0) is 29.8 Å². The van der Waals surface area contributed by atoms with Gasteiger partial charge in [-0.25, -0.2) is 9.18 Å². The number of aliphatic hydroxyl groups excluding tert-OH is 1. The van der Waals surface area contributed by atoms with E-state index in [2.05, 4.69) is 0 Å². The van der Waals surface area contributed by atoms with Crippen molar-refractivity contribution in [1.82, 2.24) is 4.57 Å². The number of nitrogens with zero attached hydrogens (tertiary/aromatic N) is 1. The number of aliphatic carboxylic acids is 1. The maximum absolute atomic E-state index is 13.1. The monoisotopic (exact) mass is 369 g/mol. The fraction of sp³-hybridized carbons (Fsp3) is 0.100. The number of rotatable bonds is 6. The topological polar surface area (TPSA) is 88.8 Å². The molecule has 0 aliphatic rings. The minimum atomic E-state index is -1.65. The molecule has 3 aromatic rings. The molecule has 0 amide bonds. The van der Waals surface area contributed by atoms with Crippen LogP contribution in [0.3, 0.4) is 0 Å². The summed E-state index contributed by atoms with van der Waals surface area (Å²) in [7, 11) is 1.53. The predicted molar refractivity (Wildman–Crippen MR) is 97.2 cm³/mol. The highest BCUT2D eigenvalue weighted by molar-refractivity contribution is 6.38. The molecule has 3 rings (SSSR count). The molecule has 0 atom stereocenters. The van der Waals surface area contributed by atoms with Gasteiger partial charge in [-0.1, -0.05) is 12.1 Å². The van der Waals surface area contributed by atoms with Gasteiger partial charge in [0, 0.05) is 35.8 Å². The molecule has 0 saturated heterocycles. The van der Waals surface area contributed by atoms with Crippen LogP contribution in [0.25, 0.3) is 16.7 Å². The lowest BCUT2D eigenvalue weighted by atomic mass is 10.1. The van der Waals surface area contributed by atoms with Crippen molar-refractivity contribution >= 4 is 28.4 Å². The van der Waals surface area contributed by atoms with Gasteiger partial charge in [0.2, 0.25) is 0 Å². The summed E-state index contributed by atoms with van der Waals surface area (Å²) in [5, 5.41) is 19.6. The Kier molecular flexibility index (Phi) is 4.94. The van der Waals surface area contributed by atoms with E-state index in [1.165, 1.54) is 19.2 Å². The number of halogens is 1. The van der Waals surface area contributed by atoms with Crippen LogP contribution in [0.2, 0.25) is 0 Å². The predicted octanol–water partition coefficient (Wildman–Crippen LogP) is 3.39. The van der Waals surface area contributed by atoms with Crippen LogP contribution < -0.4 is 4.74 Å². The minimum absolute atomic E-state index is 0.310. The summed E-state index contributed by atoms with van der Waals surface area (Å²) in [4.78, 5) is 22.1. The molecular formula is C20H16FNO5. The molecule has 1 heterocycles. The first-order chi connectivity index (χ1) is 12.9. The molecule has 2 aromatic carbocycles.